The third kappa shape index (κ3) is 1.91. The van der Waals surface area contributed by atoms with E-state index in [1.807, 2.05) is 0 Å². The predicted molar refractivity (Wildman–Crippen MR) is 82.8 cm³/mol. The first-order chi connectivity index (χ1) is 8.97. The number of benzene rings is 2. The minimum atomic E-state index is -0.709. The fraction of sp³-hybridized carbons (Fsp3) is 0.294. The maximum absolute atomic E-state index is 6.14. The summed E-state index contributed by atoms with van der Waals surface area (Å²) < 4.78 is 6.14. The van der Waals surface area contributed by atoms with Crippen molar-refractivity contribution in [3.63, 3.8) is 0 Å². The fourth-order valence-electron chi connectivity index (χ4n) is 2.60. The summed E-state index contributed by atoms with van der Waals surface area (Å²) in [6.07, 6.45) is 0. The minimum Gasteiger partial charge on any atom is -0.458 e. The summed E-state index contributed by atoms with van der Waals surface area (Å²) in [5.41, 5.74) is 5.33. The van der Waals surface area contributed by atoms with E-state index in [1.165, 1.54) is 32.6 Å². The van der Waals surface area contributed by atoms with Crippen LogP contribution in [0.5, 0.6) is 11.5 Å². The highest BCUT2D eigenvalue weighted by Gasteiger charge is 2.26. The van der Waals surface area contributed by atoms with Crippen molar-refractivity contribution >= 4 is 19.2 Å². The third-order valence-corrected chi connectivity index (χ3v) is 6.62. The molecule has 0 aromatic heterocycles. The average Bonchev–Trinajstić information content (AvgIpc) is 2.35. The van der Waals surface area contributed by atoms with Gasteiger partial charge in [0.2, 0.25) is 0 Å². The zero-order valence-electron chi connectivity index (χ0n) is 12.2. The van der Waals surface area contributed by atoms with Crippen LogP contribution in [0.2, 0.25) is 6.55 Å². The second kappa shape index (κ2) is 4.24. The molecule has 0 bridgehead atoms. The van der Waals surface area contributed by atoms with Gasteiger partial charge in [0.05, 0.1) is 0 Å². The smallest absolute Gasteiger partial charge is 0.128 e. The molecule has 0 unspecified atom stereocenters. The minimum absolute atomic E-state index is 0.709. The molecular weight excluding hydrogens is 248 g/mol. The molecule has 0 saturated heterocycles. The van der Waals surface area contributed by atoms with Gasteiger partial charge in [-0.05, 0) is 72.5 Å². The standard InChI is InChI=1S/C17H19OSi/c1-10-6-14-16(8-12(10)3)19(5)17-9-13(4)11(2)7-15(17)18-14/h6-9H,1-5H3. The van der Waals surface area contributed by atoms with Gasteiger partial charge in [0.25, 0.3) is 0 Å². The summed E-state index contributed by atoms with van der Waals surface area (Å²) in [4.78, 5) is 0. The van der Waals surface area contributed by atoms with Crippen LogP contribution in [-0.2, 0) is 0 Å². The molecule has 0 N–H and O–H groups in total. The second-order valence-electron chi connectivity index (χ2n) is 5.59. The molecule has 1 aliphatic heterocycles. The van der Waals surface area contributed by atoms with E-state index in [0.717, 1.165) is 11.5 Å². The Morgan fingerprint density at radius 2 is 1.05 bits per heavy atom. The first kappa shape index (κ1) is 12.5. The van der Waals surface area contributed by atoms with Crippen molar-refractivity contribution in [1.82, 2.24) is 0 Å². The number of ether oxygens (including phenoxy) is 1. The van der Waals surface area contributed by atoms with Crippen molar-refractivity contribution in [2.75, 3.05) is 0 Å². The van der Waals surface area contributed by atoms with Crippen LogP contribution >= 0.6 is 0 Å². The Morgan fingerprint density at radius 1 is 0.684 bits per heavy atom. The monoisotopic (exact) mass is 267 g/mol. The Kier molecular flexibility index (Phi) is 2.79. The van der Waals surface area contributed by atoms with Gasteiger partial charge in [-0.2, -0.15) is 0 Å². The Bertz CT molecular complexity index is 616. The van der Waals surface area contributed by atoms with Gasteiger partial charge in [0.15, 0.2) is 0 Å². The van der Waals surface area contributed by atoms with Crippen molar-refractivity contribution in [2.45, 2.75) is 34.2 Å². The summed E-state index contributed by atoms with van der Waals surface area (Å²) >= 11 is 0. The normalized spacial score (nSPS) is 13.7. The van der Waals surface area contributed by atoms with Gasteiger partial charge >= 0.3 is 0 Å². The molecule has 0 fully saturated rings. The van der Waals surface area contributed by atoms with Gasteiger partial charge in [-0.25, -0.2) is 0 Å². The predicted octanol–water partition coefficient (Wildman–Crippen LogP) is 3.26. The number of hydrogen-bond acceptors (Lipinski definition) is 1. The van der Waals surface area contributed by atoms with Gasteiger partial charge < -0.3 is 4.74 Å². The topological polar surface area (TPSA) is 9.23 Å². The Balaban J connectivity index is 2.20. The summed E-state index contributed by atoms with van der Waals surface area (Å²) in [7, 11) is -0.709. The number of aryl methyl sites for hydroxylation is 4. The molecule has 1 heterocycles. The van der Waals surface area contributed by atoms with Crippen LogP contribution in [0.25, 0.3) is 0 Å². The van der Waals surface area contributed by atoms with Gasteiger partial charge in [-0.1, -0.05) is 18.7 Å². The Morgan fingerprint density at radius 3 is 1.47 bits per heavy atom. The van der Waals surface area contributed by atoms with Crippen molar-refractivity contribution in [1.29, 1.82) is 0 Å². The Labute approximate surface area is 116 Å². The molecule has 0 spiro atoms. The highest BCUT2D eigenvalue weighted by molar-refractivity contribution is 6.85. The second-order valence-corrected chi connectivity index (χ2v) is 7.92. The van der Waals surface area contributed by atoms with Gasteiger partial charge in [-0.15, -0.1) is 0 Å². The maximum atomic E-state index is 6.14. The fourth-order valence-corrected chi connectivity index (χ4v) is 4.74. The first-order valence-corrected chi connectivity index (χ1v) is 8.72. The van der Waals surface area contributed by atoms with Crippen molar-refractivity contribution in [2.24, 2.45) is 0 Å². The van der Waals surface area contributed by atoms with Crippen LogP contribution < -0.4 is 15.1 Å². The van der Waals surface area contributed by atoms with Gasteiger partial charge in [-0.3, -0.25) is 0 Å². The lowest BCUT2D eigenvalue weighted by molar-refractivity contribution is 0.486. The molecule has 97 valence electrons. The van der Waals surface area contributed by atoms with E-state index >= 15 is 0 Å². The van der Waals surface area contributed by atoms with E-state index in [1.54, 1.807) is 0 Å². The molecule has 1 aliphatic rings. The molecule has 0 amide bonds. The van der Waals surface area contributed by atoms with E-state index in [2.05, 4.69) is 58.5 Å². The van der Waals surface area contributed by atoms with E-state index in [0.29, 0.717) is 0 Å². The third-order valence-electron chi connectivity index (χ3n) is 4.22. The van der Waals surface area contributed by atoms with E-state index < -0.39 is 8.80 Å². The zero-order valence-corrected chi connectivity index (χ0v) is 13.2. The quantitative estimate of drug-likeness (QED) is 0.666. The van der Waals surface area contributed by atoms with Crippen LogP contribution in [0.4, 0.5) is 0 Å². The lowest BCUT2D eigenvalue weighted by Gasteiger charge is -2.26. The van der Waals surface area contributed by atoms with Crippen LogP contribution in [0.3, 0.4) is 0 Å². The van der Waals surface area contributed by atoms with Gasteiger partial charge in [0.1, 0.15) is 20.3 Å². The van der Waals surface area contributed by atoms with Crippen molar-refractivity contribution in [3.8, 4) is 11.5 Å². The number of fused-ring (bicyclic) bond motifs is 2. The molecule has 19 heavy (non-hydrogen) atoms. The summed E-state index contributed by atoms with van der Waals surface area (Å²) in [5, 5.41) is 2.81. The summed E-state index contributed by atoms with van der Waals surface area (Å²) in [6, 6.07) is 9.02. The van der Waals surface area contributed by atoms with Crippen molar-refractivity contribution in [3.05, 3.63) is 46.5 Å². The SMILES string of the molecule is Cc1cc2c(cc1C)[Si](C)c1cc(C)c(C)cc1O2. The summed E-state index contributed by atoms with van der Waals surface area (Å²) in [6.45, 7) is 11.0. The van der Waals surface area contributed by atoms with Crippen LogP contribution in [-0.4, -0.2) is 8.80 Å². The molecule has 1 radical (unpaired) electrons. The van der Waals surface area contributed by atoms with Crippen LogP contribution in [0.1, 0.15) is 22.3 Å². The van der Waals surface area contributed by atoms with E-state index in [9.17, 15) is 0 Å². The maximum Gasteiger partial charge on any atom is 0.128 e. The molecule has 0 saturated carbocycles. The Hall–Kier alpha value is -1.54. The number of hydrogen-bond donors (Lipinski definition) is 0. The molecule has 2 aromatic carbocycles. The first-order valence-electron chi connectivity index (χ1n) is 6.72. The molecule has 0 atom stereocenters. The average molecular weight is 267 g/mol. The van der Waals surface area contributed by atoms with Crippen LogP contribution in [0, 0.1) is 27.7 Å². The molecule has 1 nitrogen and oxygen atoms in total. The summed E-state index contributed by atoms with van der Waals surface area (Å²) in [5.74, 6) is 2.13. The lowest BCUT2D eigenvalue weighted by atomic mass is 10.1. The molecule has 2 heteroatoms. The van der Waals surface area contributed by atoms with Crippen molar-refractivity contribution < 1.29 is 4.74 Å². The number of rotatable bonds is 0. The van der Waals surface area contributed by atoms with Gasteiger partial charge in [0, 0.05) is 0 Å². The molecule has 3 rings (SSSR count). The van der Waals surface area contributed by atoms with Crippen LogP contribution in [0.15, 0.2) is 24.3 Å². The zero-order chi connectivity index (χ0) is 13.7. The molecule has 0 aliphatic carbocycles. The highest BCUT2D eigenvalue weighted by Crippen LogP contribution is 2.28. The molecule has 2 aromatic rings. The molecular formula is C17H19OSi. The lowest BCUT2D eigenvalue weighted by Crippen LogP contribution is -2.44. The van der Waals surface area contributed by atoms with E-state index in [-0.39, 0.29) is 0 Å². The highest BCUT2D eigenvalue weighted by atomic mass is 28.3. The largest absolute Gasteiger partial charge is 0.458 e. The van der Waals surface area contributed by atoms with E-state index in [4.69, 9.17) is 4.74 Å².